The Morgan fingerprint density at radius 1 is 1.07 bits per heavy atom. The number of nitrogens with one attached hydrogen (secondary N) is 1. The van der Waals surface area contributed by atoms with Crippen molar-refractivity contribution in [2.45, 2.75) is 32.6 Å². The van der Waals surface area contributed by atoms with Crippen LogP contribution in [0.1, 0.15) is 32.8 Å². The maximum atomic E-state index is 13.8. The Balaban J connectivity index is 1.81. The summed E-state index contributed by atoms with van der Waals surface area (Å²) in [5.41, 5.74) is 1.11. The van der Waals surface area contributed by atoms with Gasteiger partial charge in [-0.25, -0.2) is 8.78 Å². The van der Waals surface area contributed by atoms with Crippen molar-refractivity contribution in [1.82, 2.24) is 0 Å². The quantitative estimate of drug-likeness (QED) is 0.875. The minimum atomic E-state index is -0.845. The molecule has 0 radical (unpaired) electrons. The first-order valence-electron chi connectivity index (χ1n) is 8.83. The van der Waals surface area contributed by atoms with Gasteiger partial charge in [0.15, 0.2) is 0 Å². The fourth-order valence-corrected chi connectivity index (χ4v) is 3.30. The minimum Gasteiger partial charge on any atom is -0.321 e. The Bertz CT molecular complexity index is 870. The van der Waals surface area contributed by atoms with Crippen LogP contribution in [-0.4, -0.2) is 18.4 Å². The molecule has 6 heteroatoms. The van der Waals surface area contributed by atoms with Gasteiger partial charge in [-0.1, -0.05) is 45.0 Å². The highest BCUT2D eigenvalue weighted by atomic mass is 19.1. The molecule has 0 aromatic heterocycles. The summed E-state index contributed by atoms with van der Waals surface area (Å²) in [7, 11) is 0. The van der Waals surface area contributed by atoms with Crippen LogP contribution >= 0.6 is 0 Å². The molecule has 0 saturated carbocycles. The number of nitrogens with zero attached hydrogens (tertiary/aromatic N) is 1. The van der Waals surface area contributed by atoms with E-state index in [1.807, 2.05) is 24.3 Å². The number of hydrogen-bond donors (Lipinski definition) is 1. The summed E-state index contributed by atoms with van der Waals surface area (Å²) < 4.78 is 27.5. The molecular formula is C21H22F2N2O2. The number of hydrogen-bond acceptors (Lipinski definition) is 2. The molecule has 2 aromatic carbocycles. The molecule has 1 atom stereocenters. The van der Waals surface area contributed by atoms with Gasteiger partial charge in [0, 0.05) is 18.7 Å². The van der Waals surface area contributed by atoms with Crippen molar-refractivity contribution in [3.05, 3.63) is 59.7 Å². The van der Waals surface area contributed by atoms with Crippen LogP contribution in [0.15, 0.2) is 42.5 Å². The number of para-hydroxylation sites is 2. The van der Waals surface area contributed by atoms with E-state index in [1.165, 1.54) is 6.07 Å². The first-order chi connectivity index (χ1) is 12.7. The van der Waals surface area contributed by atoms with Crippen LogP contribution in [0.25, 0.3) is 0 Å². The van der Waals surface area contributed by atoms with Crippen LogP contribution in [0.4, 0.5) is 20.2 Å². The lowest BCUT2D eigenvalue weighted by molar-refractivity contribution is -0.122. The van der Waals surface area contributed by atoms with Gasteiger partial charge in [0.05, 0.1) is 5.92 Å². The van der Waals surface area contributed by atoms with Crippen molar-refractivity contribution in [1.29, 1.82) is 0 Å². The van der Waals surface area contributed by atoms with E-state index in [4.69, 9.17) is 0 Å². The topological polar surface area (TPSA) is 49.4 Å². The number of carbonyl (C=O) groups excluding carboxylic acids is 2. The molecule has 4 nitrogen and oxygen atoms in total. The summed E-state index contributed by atoms with van der Waals surface area (Å²) in [5, 5.41) is 2.29. The maximum absolute atomic E-state index is 13.8. The second-order valence-corrected chi connectivity index (χ2v) is 7.76. The molecule has 27 heavy (non-hydrogen) atoms. The van der Waals surface area contributed by atoms with E-state index in [1.54, 1.807) is 4.90 Å². The van der Waals surface area contributed by atoms with Crippen molar-refractivity contribution in [2.75, 3.05) is 16.8 Å². The zero-order valence-electron chi connectivity index (χ0n) is 15.6. The summed E-state index contributed by atoms with van der Waals surface area (Å²) >= 11 is 0. The van der Waals surface area contributed by atoms with Crippen LogP contribution in [-0.2, 0) is 15.0 Å². The van der Waals surface area contributed by atoms with Gasteiger partial charge in [-0.15, -0.1) is 0 Å². The fraction of sp³-hybridized carbons (Fsp3) is 0.333. The third-order valence-electron chi connectivity index (χ3n) is 4.71. The van der Waals surface area contributed by atoms with Crippen LogP contribution in [0.2, 0.25) is 0 Å². The Morgan fingerprint density at radius 3 is 2.33 bits per heavy atom. The minimum absolute atomic E-state index is 0.000379. The highest BCUT2D eigenvalue weighted by Crippen LogP contribution is 2.35. The number of rotatable bonds is 3. The fourth-order valence-electron chi connectivity index (χ4n) is 3.30. The molecule has 2 amide bonds. The zero-order chi connectivity index (χ0) is 19.8. The first kappa shape index (κ1) is 19.0. The van der Waals surface area contributed by atoms with Crippen molar-refractivity contribution in [3.8, 4) is 0 Å². The van der Waals surface area contributed by atoms with Gasteiger partial charge in [-0.05, 0) is 29.2 Å². The smallest absolute Gasteiger partial charge is 0.229 e. The largest absolute Gasteiger partial charge is 0.321 e. The molecule has 2 aromatic rings. The third-order valence-corrected chi connectivity index (χ3v) is 4.71. The van der Waals surface area contributed by atoms with Crippen LogP contribution in [0.5, 0.6) is 0 Å². The predicted molar refractivity (Wildman–Crippen MR) is 101 cm³/mol. The lowest BCUT2D eigenvalue weighted by atomic mass is 9.85. The van der Waals surface area contributed by atoms with E-state index < -0.39 is 29.1 Å². The molecule has 1 aliphatic rings. The van der Waals surface area contributed by atoms with Crippen molar-refractivity contribution in [3.63, 3.8) is 0 Å². The second kappa shape index (κ2) is 7.10. The third kappa shape index (κ3) is 3.84. The van der Waals surface area contributed by atoms with Gasteiger partial charge in [-0.3, -0.25) is 9.59 Å². The predicted octanol–water partition coefficient (Wildman–Crippen LogP) is 4.25. The standard InChI is InChI=1S/C21H22F2N2O2/c1-21(2,3)14-7-4-5-10-17(14)25-12-13(11-18(25)26)20(27)24-19-15(22)8-6-9-16(19)23/h4-10,13H,11-12H2,1-3H3,(H,24,27). The number of anilines is 2. The lowest BCUT2D eigenvalue weighted by Gasteiger charge is -2.27. The lowest BCUT2D eigenvalue weighted by Crippen LogP contribution is -2.30. The average molecular weight is 372 g/mol. The van der Waals surface area contributed by atoms with E-state index in [0.717, 1.165) is 23.4 Å². The highest BCUT2D eigenvalue weighted by Gasteiger charge is 2.37. The zero-order valence-corrected chi connectivity index (χ0v) is 15.6. The van der Waals surface area contributed by atoms with Crippen molar-refractivity contribution < 1.29 is 18.4 Å². The summed E-state index contributed by atoms with van der Waals surface area (Å²) in [6.07, 6.45) is 0.000379. The second-order valence-electron chi connectivity index (χ2n) is 7.76. The Morgan fingerprint density at radius 2 is 1.70 bits per heavy atom. The number of halogens is 2. The number of benzene rings is 2. The highest BCUT2D eigenvalue weighted by molar-refractivity contribution is 6.04. The van der Waals surface area contributed by atoms with Crippen molar-refractivity contribution >= 4 is 23.2 Å². The van der Waals surface area contributed by atoms with Crippen LogP contribution < -0.4 is 10.2 Å². The molecule has 1 fully saturated rings. The molecule has 1 saturated heterocycles. The van der Waals surface area contributed by atoms with Gasteiger partial charge in [0.2, 0.25) is 11.8 Å². The monoisotopic (exact) mass is 372 g/mol. The van der Waals surface area contributed by atoms with E-state index in [0.29, 0.717) is 0 Å². The molecule has 0 spiro atoms. The Labute approximate surface area is 157 Å². The molecule has 1 N–H and O–H groups in total. The molecule has 1 unspecified atom stereocenters. The van der Waals surface area contributed by atoms with Gasteiger partial charge in [0.1, 0.15) is 17.3 Å². The molecule has 1 heterocycles. The molecule has 142 valence electrons. The summed E-state index contributed by atoms with van der Waals surface area (Å²) in [6.45, 7) is 6.33. The molecule has 0 aliphatic carbocycles. The number of amides is 2. The van der Waals surface area contributed by atoms with Gasteiger partial charge >= 0.3 is 0 Å². The first-order valence-corrected chi connectivity index (χ1v) is 8.83. The van der Waals surface area contributed by atoms with Crippen LogP contribution in [0.3, 0.4) is 0 Å². The number of carbonyl (C=O) groups is 2. The van der Waals surface area contributed by atoms with Gasteiger partial charge in [0.25, 0.3) is 0 Å². The Hall–Kier alpha value is -2.76. The van der Waals surface area contributed by atoms with Gasteiger partial charge < -0.3 is 10.2 Å². The maximum Gasteiger partial charge on any atom is 0.229 e. The molecular weight excluding hydrogens is 350 g/mol. The van der Waals surface area contributed by atoms with E-state index in [-0.39, 0.29) is 24.3 Å². The SMILES string of the molecule is CC(C)(C)c1ccccc1N1CC(C(=O)Nc2c(F)cccc2F)CC1=O. The van der Waals surface area contributed by atoms with Crippen molar-refractivity contribution in [2.24, 2.45) is 5.92 Å². The van der Waals surface area contributed by atoms with E-state index >= 15 is 0 Å². The average Bonchev–Trinajstić information content (AvgIpc) is 2.99. The summed E-state index contributed by atoms with van der Waals surface area (Å²) in [6, 6.07) is 11.0. The normalized spacial score (nSPS) is 17.3. The van der Waals surface area contributed by atoms with Crippen LogP contribution in [0, 0.1) is 17.6 Å². The van der Waals surface area contributed by atoms with E-state index in [2.05, 4.69) is 26.1 Å². The summed E-state index contributed by atoms with van der Waals surface area (Å²) in [4.78, 5) is 26.6. The van der Waals surface area contributed by atoms with E-state index in [9.17, 15) is 18.4 Å². The summed E-state index contributed by atoms with van der Waals surface area (Å²) in [5.74, 6) is -3.11. The van der Waals surface area contributed by atoms with Gasteiger partial charge in [-0.2, -0.15) is 0 Å². The molecule has 0 bridgehead atoms. The Kier molecular flexibility index (Phi) is 5.00. The molecule has 1 aliphatic heterocycles. The molecule has 3 rings (SSSR count).